The van der Waals surface area contributed by atoms with Gasteiger partial charge in [-0.15, -0.1) is 0 Å². The van der Waals surface area contributed by atoms with Gasteiger partial charge < -0.3 is 5.11 Å². The average Bonchev–Trinajstić information content (AvgIpc) is 2.60. The predicted molar refractivity (Wildman–Crippen MR) is 94.1 cm³/mol. The first-order valence-electron chi connectivity index (χ1n) is 7.61. The van der Waals surface area contributed by atoms with Gasteiger partial charge in [0.15, 0.2) is 5.17 Å². The molecule has 1 aliphatic heterocycles. The lowest BCUT2D eigenvalue weighted by molar-refractivity contribution is -0.139. The molecule has 0 aromatic heterocycles. The molecule has 128 valence electrons. The Balaban J connectivity index is 1.93. The van der Waals surface area contributed by atoms with E-state index in [0.717, 1.165) is 17.3 Å². The zero-order valence-electron chi connectivity index (χ0n) is 13.1. The van der Waals surface area contributed by atoms with E-state index in [0.29, 0.717) is 17.4 Å². The van der Waals surface area contributed by atoms with Crippen molar-refractivity contribution in [1.82, 2.24) is 4.90 Å². The van der Waals surface area contributed by atoms with Crippen LogP contribution in [-0.2, 0) is 16.1 Å². The number of aliphatic imine (C=N–C) groups is 1. The maximum absolute atomic E-state index is 13.1. The molecule has 1 heterocycles. The molecule has 2 aromatic carbocycles. The van der Waals surface area contributed by atoms with Gasteiger partial charge in [-0.1, -0.05) is 42.1 Å². The first kappa shape index (κ1) is 17.2. The summed E-state index contributed by atoms with van der Waals surface area (Å²) in [4.78, 5) is 29.6. The fraction of sp³-hybridized carbons (Fsp3) is 0.167. The van der Waals surface area contributed by atoms with Crippen molar-refractivity contribution in [2.45, 2.75) is 18.2 Å². The molecule has 0 aliphatic carbocycles. The Kier molecular flexibility index (Phi) is 5.14. The Hall–Kier alpha value is -2.67. The number of thioether (sulfide) groups is 1. The van der Waals surface area contributed by atoms with Crippen molar-refractivity contribution in [2.24, 2.45) is 4.99 Å². The minimum atomic E-state index is -1.05. The van der Waals surface area contributed by atoms with Crippen LogP contribution in [0.1, 0.15) is 12.0 Å². The highest BCUT2D eigenvalue weighted by atomic mass is 32.2. The monoisotopic (exact) mass is 358 g/mol. The highest BCUT2D eigenvalue weighted by Crippen LogP contribution is 2.30. The third-order valence-corrected chi connectivity index (χ3v) is 4.83. The Morgan fingerprint density at radius 3 is 2.52 bits per heavy atom. The maximum Gasteiger partial charge on any atom is 0.317 e. The van der Waals surface area contributed by atoms with Crippen LogP contribution in [0.3, 0.4) is 0 Å². The molecule has 0 bridgehead atoms. The zero-order valence-corrected chi connectivity index (χ0v) is 13.9. The van der Waals surface area contributed by atoms with Crippen LogP contribution in [0.15, 0.2) is 59.6 Å². The van der Waals surface area contributed by atoms with Crippen LogP contribution in [0.25, 0.3) is 0 Å². The van der Waals surface area contributed by atoms with Gasteiger partial charge in [0.2, 0.25) is 5.91 Å². The normalized spacial score (nSPS) is 19.2. The topological polar surface area (TPSA) is 70.0 Å². The molecule has 1 saturated heterocycles. The summed E-state index contributed by atoms with van der Waals surface area (Å²) in [5.74, 6) is -1.73. The fourth-order valence-corrected chi connectivity index (χ4v) is 3.41. The lowest BCUT2D eigenvalue weighted by Gasteiger charge is -2.30. The second kappa shape index (κ2) is 7.48. The van der Waals surface area contributed by atoms with Gasteiger partial charge >= 0.3 is 5.97 Å². The molecule has 0 radical (unpaired) electrons. The van der Waals surface area contributed by atoms with Gasteiger partial charge in [-0.2, -0.15) is 0 Å². The minimum absolute atomic E-state index is 0.0880. The first-order chi connectivity index (χ1) is 12.0. The van der Waals surface area contributed by atoms with Crippen LogP contribution in [0.5, 0.6) is 0 Å². The summed E-state index contributed by atoms with van der Waals surface area (Å²) < 4.78 is 13.1. The van der Waals surface area contributed by atoms with E-state index in [1.165, 1.54) is 29.2 Å². The number of nitrogens with zero attached hydrogens (tertiary/aromatic N) is 2. The highest BCUT2D eigenvalue weighted by molar-refractivity contribution is 8.15. The van der Waals surface area contributed by atoms with E-state index < -0.39 is 11.2 Å². The van der Waals surface area contributed by atoms with Crippen molar-refractivity contribution in [3.8, 4) is 0 Å². The molecule has 1 amide bonds. The number of amidine groups is 1. The van der Waals surface area contributed by atoms with Crippen molar-refractivity contribution in [1.29, 1.82) is 0 Å². The molecule has 1 atom stereocenters. The van der Waals surface area contributed by atoms with Crippen LogP contribution in [0.4, 0.5) is 10.1 Å². The van der Waals surface area contributed by atoms with Crippen molar-refractivity contribution in [2.75, 3.05) is 0 Å². The predicted octanol–water partition coefficient (Wildman–Crippen LogP) is 3.43. The molecule has 2 aromatic rings. The molecule has 5 nitrogen and oxygen atoms in total. The van der Waals surface area contributed by atoms with Crippen molar-refractivity contribution in [3.63, 3.8) is 0 Å². The van der Waals surface area contributed by atoms with Crippen molar-refractivity contribution >= 4 is 34.5 Å². The maximum atomic E-state index is 13.1. The van der Waals surface area contributed by atoms with E-state index in [-0.39, 0.29) is 18.1 Å². The van der Waals surface area contributed by atoms with Crippen molar-refractivity contribution < 1.29 is 19.1 Å². The van der Waals surface area contributed by atoms with Gasteiger partial charge in [-0.05, 0) is 29.8 Å². The number of hydrogen-bond acceptors (Lipinski definition) is 4. The molecule has 1 fully saturated rings. The molecular formula is C18H15FN2O3S. The van der Waals surface area contributed by atoms with E-state index in [2.05, 4.69) is 4.99 Å². The SMILES string of the molecule is O=C(O)C1CC(=O)N(Cc2ccccc2)C(=Nc2ccc(F)cc2)S1. The van der Waals surface area contributed by atoms with Gasteiger partial charge in [-0.25, -0.2) is 9.38 Å². The summed E-state index contributed by atoms with van der Waals surface area (Å²) in [6.45, 7) is 0.305. The largest absolute Gasteiger partial charge is 0.480 e. The number of hydrogen-bond donors (Lipinski definition) is 1. The summed E-state index contributed by atoms with van der Waals surface area (Å²) >= 11 is 1.03. The third-order valence-electron chi connectivity index (χ3n) is 3.65. The summed E-state index contributed by atoms with van der Waals surface area (Å²) in [5, 5.41) is 8.68. The first-order valence-corrected chi connectivity index (χ1v) is 8.49. The van der Waals surface area contributed by atoms with E-state index in [4.69, 9.17) is 0 Å². The van der Waals surface area contributed by atoms with Crippen molar-refractivity contribution in [3.05, 3.63) is 66.0 Å². The number of carbonyl (C=O) groups is 2. The summed E-state index contributed by atoms with van der Waals surface area (Å²) in [6.07, 6.45) is -0.0880. The molecule has 3 rings (SSSR count). The lowest BCUT2D eigenvalue weighted by Crippen LogP contribution is -2.43. The second-order valence-electron chi connectivity index (χ2n) is 5.49. The van der Waals surface area contributed by atoms with Gasteiger partial charge in [0.25, 0.3) is 0 Å². The lowest BCUT2D eigenvalue weighted by atomic mass is 10.2. The molecular weight excluding hydrogens is 343 g/mol. The van der Waals surface area contributed by atoms with Gasteiger partial charge in [0.1, 0.15) is 11.1 Å². The van der Waals surface area contributed by atoms with Crippen LogP contribution in [0.2, 0.25) is 0 Å². The Morgan fingerprint density at radius 1 is 1.20 bits per heavy atom. The van der Waals surface area contributed by atoms with Crippen LogP contribution in [0, 0.1) is 5.82 Å². The second-order valence-corrected chi connectivity index (χ2v) is 6.66. The summed E-state index contributed by atoms with van der Waals surface area (Å²) in [5.41, 5.74) is 1.37. The number of carboxylic acid groups (broad SMARTS) is 1. The third kappa shape index (κ3) is 4.24. The molecule has 1 aliphatic rings. The minimum Gasteiger partial charge on any atom is -0.480 e. The quantitative estimate of drug-likeness (QED) is 0.909. The number of carboxylic acids is 1. The van der Waals surface area contributed by atoms with Gasteiger partial charge in [0.05, 0.1) is 18.7 Å². The number of carbonyl (C=O) groups excluding carboxylic acids is 1. The molecule has 7 heteroatoms. The molecule has 0 saturated carbocycles. The number of aliphatic carboxylic acids is 1. The van der Waals surface area contributed by atoms with E-state index in [1.807, 2.05) is 30.3 Å². The smallest absolute Gasteiger partial charge is 0.317 e. The van der Waals surface area contributed by atoms with E-state index in [9.17, 15) is 19.1 Å². The average molecular weight is 358 g/mol. The molecule has 1 unspecified atom stereocenters. The Labute approximate surface area is 148 Å². The molecule has 1 N–H and O–H groups in total. The molecule has 25 heavy (non-hydrogen) atoms. The highest BCUT2D eigenvalue weighted by Gasteiger charge is 2.35. The summed E-state index contributed by atoms with van der Waals surface area (Å²) in [7, 11) is 0. The van der Waals surface area contributed by atoms with Crippen LogP contribution < -0.4 is 0 Å². The molecule has 0 spiro atoms. The van der Waals surface area contributed by atoms with E-state index in [1.54, 1.807) is 0 Å². The summed E-state index contributed by atoms with van der Waals surface area (Å²) in [6, 6.07) is 14.9. The number of halogens is 1. The standard InChI is InChI=1S/C18H15FN2O3S/c19-13-6-8-14(9-7-13)20-18-21(11-12-4-2-1-3-5-12)16(22)10-15(25-18)17(23)24/h1-9,15H,10-11H2,(H,23,24). The van der Waals surface area contributed by atoms with Gasteiger partial charge in [0, 0.05) is 0 Å². The fourth-order valence-electron chi connectivity index (χ4n) is 2.38. The Morgan fingerprint density at radius 2 is 1.88 bits per heavy atom. The van der Waals surface area contributed by atoms with Crippen LogP contribution >= 0.6 is 11.8 Å². The number of benzene rings is 2. The van der Waals surface area contributed by atoms with Gasteiger partial charge in [-0.3, -0.25) is 14.5 Å². The number of rotatable bonds is 4. The number of amides is 1. The van der Waals surface area contributed by atoms with Crippen LogP contribution in [-0.4, -0.2) is 32.3 Å². The zero-order chi connectivity index (χ0) is 17.8. The van der Waals surface area contributed by atoms with E-state index >= 15 is 0 Å². The Bertz CT molecular complexity index is 809.